The first-order chi connectivity index (χ1) is 14.7. The van der Waals surface area contributed by atoms with Gasteiger partial charge in [-0.3, -0.25) is 9.20 Å². The van der Waals surface area contributed by atoms with Crippen LogP contribution < -0.4 is 5.32 Å². The number of pyridine rings is 1. The Balaban J connectivity index is 1.21. The van der Waals surface area contributed by atoms with Gasteiger partial charge in [0.2, 0.25) is 5.91 Å². The molecule has 1 N–H and O–H groups in total. The molecule has 0 spiro atoms. The van der Waals surface area contributed by atoms with Crippen LogP contribution in [0.3, 0.4) is 0 Å². The van der Waals surface area contributed by atoms with Crippen LogP contribution in [-0.2, 0) is 11.3 Å². The molecule has 1 amide bonds. The standard InChI is InChI=1S/C19H15N7O2S2/c1-11-21-18(28-25-11)12-6-7-26-15(8-12)23-24-16(26)9-20-17(27)10-29-19-22-13-4-2-3-5-14(13)30-19/h2-8H,9-10H2,1H3,(H,20,27). The molecule has 11 heteroatoms. The van der Waals surface area contributed by atoms with Crippen LogP contribution in [-0.4, -0.2) is 41.4 Å². The van der Waals surface area contributed by atoms with E-state index in [-0.39, 0.29) is 18.2 Å². The van der Waals surface area contributed by atoms with Gasteiger partial charge in [0.05, 0.1) is 22.5 Å². The first-order valence-electron chi connectivity index (χ1n) is 9.05. The van der Waals surface area contributed by atoms with Crippen LogP contribution in [0, 0.1) is 6.92 Å². The van der Waals surface area contributed by atoms with Crippen molar-refractivity contribution in [2.75, 3.05) is 5.75 Å². The van der Waals surface area contributed by atoms with E-state index in [1.807, 2.05) is 47.0 Å². The number of fused-ring (bicyclic) bond motifs is 2. The van der Waals surface area contributed by atoms with Gasteiger partial charge in [-0.05, 0) is 31.2 Å². The summed E-state index contributed by atoms with van der Waals surface area (Å²) in [6, 6.07) is 11.6. The number of benzene rings is 1. The Morgan fingerprint density at radius 2 is 2.13 bits per heavy atom. The monoisotopic (exact) mass is 437 g/mol. The lowest BCUT2D eigenvalue weighted by Gasteiger charge is -2.03. The van der Waals surface area contributed by atoms with E-state index < -0.39 is 0 Å². The first kappa shape index (κ1) is 18.7. The Morgan fingerprint density at radius 3 is 2.97 bits per heavy atom. The van der Waals surface area contributed by atoms with E-state index in [2.05, 4.69) is 30.6 Å². The number of aryl methyl sites for hydroxylation is 1. The molecule has 0 unspecified atom stereocenters. The molecule has 0 radical (unpaired) electrons. The minimum absolute atomic E-state index is 0.0889. The summed E-state index contributed by atoms with van der Waals surface area (Å²) in [5.41, 5.74) is 2.35. The zero-order chi connectivity index (χ0) is 20.5. The van der Waals surface area contributed by atoms with Crippen molar-refractivity contribution in [2.24, 2.45) is 0 Å². The van der Waals surface area contributed by atoms with Gasteiger partial charge < -0.3 is 9.84 Å². The van der Waals surface area contributed by atoms with Crippen molar-refractivity contribution >= 4 is 44.9 Å². The number of carbonyl (C=O) groups excluding carboxylic acids is 1. The van der Waals surface area contributed by atoms with E-state index in [4.69, 9.17) is 4.52 Å². The van der Waals surface area contributed by atoms with Crippen molar-refractivity contribution in [3.8, 4) is 11.5 Å². The van der Waals surface area contributed by atoms with E-state index in [1.54, 1.807) is 18.3 Å². The number of thiazole rings is 1. The Labute approximate surface area is 178 Å². The van der Waals surface area contributed by atoms with E-state index in [0.717, 1.165) is 20.1 Å². The summed E-state index contributed by atoms with van der Waals surface area (Å²) >= 11 is 3.01. The molecular formula is C19H15N7O2S2. The van der Waals surface area contributed by atoms with Crippen LogP contribution in [0.4, 0.5) is 0 Å². The molecular weight excluding hydrogens is 422 g/mol. The molecule has 0 saturated heterocycles. The third-order valence-electron chi connectivity index (χ3n) is 4.30. The summed E-state index contributed by atoms with van der Waals surface area (Å²) in [5, 5.41) is 15.0. The zero-order valence-corrected chi connectivity index (χ0v) is 17.4. The summed E-state index contributed by atoms with van der Waals surface area (Å²) in [5.74, 6) is 1.83. The molecule has 0 aliphatic rings. The molecule has 1 aromatic carbocycles. The average Bonchev–Trinajstić information content (AvgIpc) is 3.47. The average molecular weight is 438 g/mol. The molecule has 5 rings (SSSR count). The van der Waals surface area contributed by atoms with Crippen LogP contribution in [0.5, 0.6) is 0 Å². The number of thioether (sulfide) groups is 1. The second-order valence-electron chi connectivity index (χ2n) is 6.42. The van der Waals surface area contributed by atoms with Gasteiger partial charge >= 0.3 is 0 Å². The first-order valence-corrected chi connectivity index (χ1v) is 10.9. The highest BCUT2D eigenvalue weighted by Gasteiger charge is 2.12. The van der Waals surface area contributed by atoms with Crippen LogP contribution in [0.2, 0.25) is 0 Å². The topological polar surface area (TPSA) is 111 Å². The second-order valence-corrected chi connectivity index (χ2v) is 8.67. The number of hydrogen-bond donors (Lipinski definition) is 1. The SMILES string of the molecule is Cc1noc(-c2ccn3c(CNC(=O)CSc4nc5ccccc5s4)nnc3c2)n1. The van der Waals surface area contributed by atoms with E-state index in [0.29, 0.717) is 23.2 Å². The van der Waals surface area contributed by atoms with Crippen molar-refractivity contribution < 1.29 is 9.32 Å². The third-order valence-corrected chi connectivity index (χ3v) is 6.48. The maximum atomic E-state index is 12.3. The van der Waals surface area contributed by atoms with Crippen LogP contribution in [0.25, 0.3) is 27.3 Å². The maximum absolute atomic E-state index is 12.3. The Kier molecular flexibility index (Phi) is 4.89. The number of rotatable bonds is 6. The quantitative estimate of drug-likeness (QED) is 0.403. The third kappa shape index (κ3) is 3.76. The number of nitrogens with zero attached hydrogens (tertiary/aromatic N) is 6. The molecule has 0 aliphatic carbocycles. The molecule has 9 nitrogen and oxygen atoms in total. The lowest BCUT2D eigenvalue weighted by Crippen LogP contribution is -2.25. The molecule has 0 saturated carbocycles. The molecule has 30 heavy (non-hydrogen) atoms. The summed E-state index contributed by atoms with van der Waals surface area (Å²) in [4.78, 5) is 21.0. The number of carbonyl (C=O) groups is 1. The van der Waals surface area contributed by atoms with Crippen molar-refractivity contribution in [1.82, 2.24) is 35.0 Å². The number of hydrogen-bond acceptors (Lipinski definition) is 9. The fourth-order valence-electron chi connectivity index (χ4n) is 2.88. The molecule has 4 aromatic heterocycles. The largest absolute Gasteiger partial charge is 0.348 e. The smallest absolute Gasteiger partial charge is 0.258 e. The minimum Gasteiger partial charge on any atom is -0.348 e. The van der Waals surface area contributed by atoms with Crippen molar-refractivity contribution in [2.45, 2.75) is 17.8 Å². The molecule has 150 valence electrons. The number of aromatic nitrogens is 6. The molecule has 5 aromatic rings. The Bertz CT molecular complexity index is 1320. The van der Waals surface area contributed by atoms with Crippen molar-refractivity contribution in [3.05, 3.63) is 54.2 Å². The Hall–Kier alpha value is -3.31. The molecule has 4 heterocycles. The van der Waals surface area contributed by atoms with Gasteiger partial charge in [0.1, 0.15) is 0 Å². The van der Waals surface area contributed by atoms with Gasteiger partial charge in [-0.2, -0.15) is 4.98 Å². The fraction of sp³-hybridized carbons (Fsp3) is 0.158. The summed E-state index contributed by atoms with van der Waals surface area (Å²) in [7, 11) is 0. The maximum Gasteiger partial charge on any atom is 0.258 e. The minimum atomic E-state index is -0.0889. The molecule has 0 bridgehead atoms. The van der Waals surface area contributed by atoms with Crippen molar-refractivity contribution in [1.29, 1.82) is 0 Å². The van der Waals surface area contributed by atoms with Gasteiger partial charge in [0.25, 0.3) is 5.89 Å². The van der Waals surface area contributed by atoms with Crippen LogP contribution in [0.1, 0.15) is 11.6 Å². The summed E-state index contributed by atoms with van der Waals surface area (Å²) in [6.45, 7) is 2.04. The predicted octanol–water partition coefficient (Wildman–Crippen LogP) is 3.11. The van der Waals surface area contributed by atoms with Gasteiger partial charge in [-0.1, -0.05) is 29.1 Å². The van der Waals surface area contributed by atoms with Crippen LogP contribution in [0.15, 0.2) is 51.5 Å². The van der Waals surface area contributed by atoms with Crippen LogP contribution >= 0.6 is 23.1 Å². The highest BCUT2D eigenvalue weighted by molar-refractivity contribution is 8.01. The normalized spacial score (nSPS) is 11.4. The van der Waals surface area contributed by atoms with E-state index in [1.165, 1.54) is 11.8 Å². The van der Waals surface area contributed by atoms with E-state index in [9.17, 15) is 4.79 Å². The molecule has 0 fully saturated rings. The van der Waals surface area contributed by atoms with Gasteiger partial charge in [-0.25, -0.2) is 4.98 Å². The summed E-state index contributed by atoms with van der Waals surface area (Å²) < 4.78 is 8.99. The lowest BCUT2D eigenvalue weighted by molar-refractivity contribution is -0.118. The van der Waals surface area contributed by atoms with Crippen molar-refractivity contribution in [3.63, 3.8) is 0 Å². The fourth-order valence-corrected chi connectivity index (χ4v) is 4.78. The number of para-hydroxylation sites is 1. The van der Waals surface area contributed by atoms with E-state index >= 15 is 0 Å². The van der Waals surface area contributed by atoms with Gasteiger partial charge in [0, 0.05) is 11.8 Å². The second kappa shape index (κ2) is 7.84. The van der Waals surface area contributed by atoms with Gasteiger partial charge in [-0.15, -0.1) is 21.5 Å². The number of nitrogens with one attached hydrogen (secondary N) is 1. The summed E-state index contributed by atoms with van der Waals surface area (Å²) in [6.07, 6.45) is 1.82. The highest BCUT2D eigenvalue weighted by atomic mass is 32.2. The lowest BCUT2D eigenvalue weighted by atomic mass is 10.2. The number of amides is 1. The molecule has 0 aliphatic heterocycles. The highest BCUT2D eigenvalue weighted by Crippen LogP contribution is 2.29. The zero-order valence-electron chi connectivity index (χ0n) is 15.8. The Morgan fingerprint density at radius 1 is 1.23 bits per heavy atom. The molecule has 0 atom stereocenters. The predicted molar refractivity (Wildman–Crippen MR) is 113 cm³/mol. The van der Waals surface area contributed by atoms with Gasteiger partial charge in [0.15, 0.2) is 21.6 Å².